The number of nitrogens with zero attached hydrogens (tertiary/aromatic N) is 3. The van der Waals surface area contributed by atoms with Gasteiger partial charge < -0.3 is 4.74 Å². The second-order valence-corrected chi connectivity index (χ2v) is 10.4. The van der Waals surface area contributed by atoms with Crippen molar-refractivity contribution in [1.82, 2.24) is 14.8 Å². The highest BCUT2D eigenvalue weighted by Crippen LogP contribution is 2.45. The summed E-state index contributed by atoms with van der Waals surface area (Å²) in [5, 5.41) is 4.61. The smallest absolute Gasteiger partial charge is 0.129 e. The zero-order valence-electron chi connectivity index (χ0n) is 23.5. The molecule has 0 aliphatic carbocycles. The van der Waals surface area contributed by atoms with E-state index in [-0.39, 0.29) is 0 Å². The van der Waals surface area contributed by atoms with E-state index in [9.17, 15) is 0 Å². The van der Waals surface area contributed by atoms with Crippen molar-refractivity contribution in [3.63, 3.8) is 0 Å². The van der Waals surface area contributed by atoms with Gasteiger partial charge in [-0.25, -0.2) is 4.68 Å². The number of benzene rings is 5. The van der Waals surface area contributed by atoms with Gasteiger partial charge in [-0.2, -0.15) is 5.10 Å². The quantitative estimate of drug-likeness (QED) is 0.176. The summed E-state index contributed by atoms with van der Waals surface area (Å²) in [5.41, 5.74) is 6.74. The molecule has 4 heteroatoms. The summed E-state index contributed by atoms with van der Waals surface area (Å²) >= 11 is 0. The van der Waals surface area contributed by atoms with Gasteiger partial charge in [0, 0.05) is 24.0 Å². The summed E-state index contributed by atoms with van der Waals surface area (Å²) in [6, 6.07) is 53.8. The van der Waals surface area contributed by atoms with Gasteiger partial charge in [-0.1, -0.05) is 115 Å². The van der Waals surface area contributed by atoms with Crippen LogP contribution in [0.5, 0.6) is 11.5 Å². The van der Waals surface area contributed by atoms with Crippen molar-refractivity contribution in [2.75, 3.05) is 0 Å². The molecule has 0 aliphatic rings. The summed E-state index contributed by atoms with van der Waals surface area (Å²) in [5.74, 6) is 1.47. The Labute approximate surface area is 251 Å². The number of aromatic nitrogens is 3. The van der Waals surface area contributed by atoms with E-state index < -0.39 is 5.41 Å². The molecule has 0 saturated heterocycles. The Kier molecular flexibility index (Phi) is 7.08. The summed E-state index contributed by atoms with van der Waals surface area (Å²) in [4.78, 5) is 4.91. The predicted molar refractivity (Wildman–Crippen MR) is 172 cm³/mol. The minimum atomic E-state index is -0.645. The number of ether oxygens (including phenoxy) is 1. The normalized spacial score (nSPS) is 11.3. The van der Waals surface area contributed by atoms with Gasteiger partial charge in [0.1, 0.15) is 11.5 Å². The van der Waals surface area contributed by atoms with Crippen LogP contribution in [0.15, 0.2) is 176 Å². The average molecular weight is 556 g/mol. The summed E-state index contributed by atoms with van der Waals surface area (Å²) < 4.78 is 8.39. The van der Waals surface area contributed by atoms with Crippen molar-refractivity contribution in [2.24, 2.45) is 0 Å². The van der Waals surface area contributed by atoms with E-state index in [0.29, 0.717) is 0 Å². The Hall–Kier alpha value is -5.74. The molecule has 0 radical (unpaired) electrons. The van der Waals surface area contributed by atoms with Crippen LogP contribution in [0.3, 0.4) is 0 Å². The fourth-order valence-electron chi connectivity index (χ4n) is 5.77. The first kappa shape index (κ1) is 26.2. The van der Waals surface area contributed by atoms with Gasteiger partial charge in [0.05, 0.1) is 23.0 Å². The largest absolute Gasteiger partial charge is 0.457 e. The van der Waals surface area contributed by atoms with E-state index in [0.717, 1.165) is 50.7 Å². The number of rotatable bonds is 8. The molecule has 7 rings (SSSR count). The minimum Gasteiger partial charge on any atom is -0.457 e. The van der Waals surface area contributed by atoms with Gasteiger partial charge in [-0.05, 0) is 58.7 Å². The highest BCUT2D eigenvalue weighted by molar-refractivity contribution is 5.62. The van der Waals surface area contributed by atoms with Crippen molar-refractivity contribution in [3.05, 3.63) is 199 Å². The number of hydrogen-bond donors (Lipinski definition) is 0. The molecule has 0 aliphatic heterocycles. The minimum absolute atomic E-state index is 0.645. The van der Waals surface area contributed by atoms with Crippen molar-refractivity contribution >= 4 is 0 Å². The van der Waals surface area contributed by atoms with Crippen LogP contribution in [-0.4, -0.2) is 14.8 Å². The van der Waals surface area contributed by atoms with E-state index in [1.54, 1.807) is 0 Å². The summed E-state index contributed by atoms with van der Waals surface area (Å²) in [6.07, 6.45) is 5.78. The lowest BCUT2D eigenvalue weighted by molar-refractivity contribution is 0.480. The fourth-order valence-corrected chi connectivity index (χ4v) is 5.77. The van der Waals surface area contributed by atoms with Crippen LogP contribution in [0.4, 0.5) is 0 Å². The van der Waals surface area contributed by atoms with Crippen LogP contribution in [0.2, 0.25) is 0 Å². The molecule has 2 heterocycles. The van der Waals surface area contributed by atoms with E-state index in [1.165, 1.54) is 0 Å². The van der Waals surface area contributed by atoms with Gasteiger partial charge in [0.2, 0.25) is 0 Å². The van der Waals surface area contributed by atoms with Crippen molar-refractivity contribution in [1.29, 1.82) is 0 Å². The molecular weight excluding hydrogens is 526 g/mol. The second-order valence-electron chi connectivity index (χ2n) is 10.4. The van der Waals surface area contributed by atoms with Crippen LogP contribution in [-0.2, 0) is 5.41 Å². The maximum Gasteiger partial charge on any atom is 0.129 e. The Morgan fingerprint density at radius 1 is 0.512 bits per heavy atom. The Morgan fingerprint density at radius 2 is 1.12 bits per heavy atom. The van der Waals surface area contributed by atoms with Crippen LogP contribution >= 0.6 is 0 Å². The third-order valence-corrected chi connectivity index (χ3v) is 7.74. The van der Waals surface area contributed by atoms with Crippen LogP contribution < -0.4 is 4.74 Å². The Bertz CT molecular complexity index is 1840. The third-order valence-electron chi connectivity index (χ3n) is 7.74. The summed E-state index contributed by atoms with van der Waals surface area (Å²) in [6.45, 7) is 0. The molecule has 43 heavy (non-hydrogen) atoms. The second kappa shape index (κ2) is 11.6. The molecule has 0 bridgehead atoms. The topological polar surface area (TPSA) is 39.9 Å². The van der Waals surface area contributed by atoms with E-state index >= 15 is 0 Å². The van der Waals surface area contributed by atoms with Crippen LogP contribution in [0.1, 0.15) is 22.4 Å². The first-order valence-corrected chi connectivity index (χ1v) is 14.3. The summed E-state index contributed by atoms with van der Waals surface area (Å²) in [7, 11) is 0. The van der Waals surface area contributed by atoms with Gasteiger partial charge in [0.25, 0.3) is 0 Å². The monoisotopic (exact) mass is 555 g/mol. The molecule has 0 spiro atoms. The van der Waals surface area contributed by atoms with Crippen LogP contribution in [0, 0.1) is 0 Å². The van der Waals surface area contributed by atoms with E-state index in [1.807, 2.05) is 96.1 Å². The Balaban J connectivity index is 1.29. The standard InChI is InChI=1S/C39H29N3O/c1-4-14-30(15-5-1)31-28-41-42(29-31)35-21-13-23-37(27-35)43-36-22-12-20-34(26-36)39(32-16-6-2-7-17-32,33-18-8-3-9-19-33)38-24-10-11-25-40-38/h1-29H. The SMILES string of the molecule is c1ccc(-c2cnn(-c3cccc(Oc4cccc(C(c5ccccc5)(c5ccccc5)c5ccccn5)c4)c3)c2)cc1. The van der Waals surface area contributed by atoms with E-state index in [4.69, 9.17) is 9.72 Å². The molecular formula is C39H29N3O. The van der Waals surface area contributed by atoms with Crippen molar-refractivity contribution in [2.45, 2.75) is 5.41 Å². The lowest BCUT2D eigenvalue weighted by Gasteiger charge is -2.35. The molecule has 2 aromatic heterocycles. The average Bonchev–Trinajstić information content (AvgIpc) is 3.58. The molecule has 0 N–H and O–H groups in total. The highest BCUT2D eigenvalue weighted by atomic mass is 16.5. The number of pyridine rings is 1. The Morgan fingerprint density at radius 3 is 1.79 bits per heavy atom. The maximum absolute atomic E-state index is 6.51. The first-order chi connectivity index (χ1) is 21.3. The molecule has 0 atom stereocenters. The molecule has 206 valence electrons. The van der Waals surface area contributed by atoms with Gasteiger partial charge in [0.15, 0.2) is 0 Å². The molecule has 0 amide bonds. The highest BCUT2D eigenvalue weighted by Gasteiger charge is 2.39. The molecule has 5 aromatic carbocycles. The molecule has 0 unspecified atom stereocenters. The van der Waals surface area contributed by atoms with Gasteiger partial charge >= 0.3 is 0 Å². The van der Waals surface area contributed by atoms with Crippen molar-refractivity contribution < 1.29 is 4.74 Å². The first-order valence-electron chi connectivity index (χ1n) is 14.3. The van der Waals surface area contributed by atoms with Gasteiger partial charge in [-0.15, -0.1) is 0 Å². The van der Waals surface area contributed by atoms with Gasteiger partial charge in [-0.3, -0.25) is 4.98 Å². The zero-order chi connectivity index (χ0) is 28.9. The predicted octanol–water partition coefficient (Wildman–Crippen LogP) is 9.11. The third kappa shape index (κ3) is 5.11. The fraction of sp³-hybridized carbons (Fsp3) is 0.0256. The molecule has 0 fully saturated rings. The van der Waals surface area contributed by atoms with E-state index in [2.05, 4.69) is 90.0 Å². The van der Waals surface area contributed by atoms with Crippen LogP contribution in [0.25, 0.3) is 16.8 Å². The lowest BCUT2D eigenvalue weighted by Crippen LogP contribution is -2.32. The number of hydrogen-bond acceptors (Lipinski definition) is 3. The molecule has 4 nitrogen and oxygen atoms in total. The van der Waals surface area contributed by atoms with Crippen molar-refractivity contribution in [3.8, 4) is 28.3 Å². The molecule has 0 saturated carbocycles. The molecule has 7 aromatic rings. The maximum atomic E-state index is 6.51. The lowest BCUT2D eigenvalue weighted by atomic mass is 9.67. The zero-order valence-corrected chi connectivity index (χ0v) is 23.5.